The third kappa shape index (κ3) is 4.48. The number of halogens is 1. The number of rotatable bonds is 6. The molecule has 1 aromatic heterocycles. The lowest BCUT2D eigenvalue weighted by atomic mass is 10.1. The summed E-state index contributed by atoms with van der Waals surface area (Å²) < 4.78 is 12.2. The molecule has 1 heterocycles. The van der Waals surface area contributed by atoms with Gasteiger partial charge in [0.2, 0.25) is 0 Å². The molecule has 168 valence electrons. The summed E-state index contributed by atoms with van der Waals surface area (Å²) >= 11 is 11.6. The van der Waals surface area contributed by atoms with Crippen LogP contribution in [-0.2, 0) is 6.54 Å². The number of amides is 1. The van der Waals surface area contributed by atoms with Gasteiger partial charge in [-0.1, -0.05) is 29.8 Å². The summed E-state index contributed by atoms with van der Waals surface area (Å²) in [5, 5.41) is 3.80. The van der Waals surface area contributed by atoms with Crippen LogP contribution in [-0.4, -0.2) is 29.7 Å². The molecule has 7 nitrogen and oxygen atoms in total. The van der Waals surface area contributed by atoms with Crippen molar-refractivity contribution in [3.05, 3.63) is 91.9 Å². The van der Waals surface area contributed by atoms with E-state index in [9.17, 15) is 9.59 Å². The van der Waals surface area contributed by atoms with E-state index in [1.807, 2.05) is 18.2 Å². The van der Waals surface area contributed by atoms with Crippen molar-refractivity contribution in [2.45, 2.75) is 6.54 Å². The summed E-state index contributed by atoms with van der Waals surface area (Å²) in [6.45, 7) is 0.283. The van der Waals surface area contributed by atoms with Gasteiger partial charge < -0.3 is 19.8 Å². The largest absolute Gasteiger partial charge is 0.497 e. The highest BCUT2D eigenvalue weighted by Gasteiger charge is 2.15. The van der Waals surface area contributed by atoms with E-state index in [4.69, 9.17) is 33.3 Å². The molecule has 0 aliphatic rings. The Labute approximate surface area is 199 Å². The predicted molar refractivity (Wildman–Crippen MR) is 130 cm³/mol. The van der Waals surface area contributed by atoms with Crippen LogP contribution in [0.25, 0.3) is 16.6 Å². The average Bonchev–Trinajstić information content (AvgIpc) is 2.83. The molecule has 4 rings (SSSR count). The van der Waals surface area contributed by atoms with E-state index in [2.05, 4.69) is 10.3 Å². The van der Waals surface area contributed by atoms with E-state index in [0.29, 0.717) is 38.7 Å². The molecule has 0 aliphatic heterocycles. The minimum Gasteiger partial charge on any atom is -0.497 e. The molecule has 0 radical (unpaired) electrons. The molecule has 33 heavy (non-hydrogen) atoms. The topological polar surface area (TPSA) is 85.4 Å². The summed E-state index contributed by atoms with van der Waals surface area (Å²) in [5.74, 6) is 0.731. The molecule has 0 fully saturated rings. The lowest BCUT2D eigenvalue weighted by Gasteiger charge is -2.14. The van der Waals surface area contributed by atoms with Gasteiger partial charge in [0.15, 0.2) is 4.77 Å². The molecule has 0 saturated heterocycles. The van der Waals surface area contributed by atoms with Crippen LogP contribution >= 0.6 is 23.8 Å². The zero-order chi connectivity index (χ0) is 23.5. The quantitative estimate of drug-likeness (QED) is 0.391. The Bertz CT molecular complexity index is 1480. The fourth-order valence-corrected chi connectivity index (χ4v) is 3.96. The molecular weight excluding hydrogens is 462 g/mol. The summed E-state index contributed by atoms with van der Waals surface area (Å²) in [5.41, 5.74) is 1.80. The second-order valence-electron chi connectivity index (χ2n) is 7.14. The molecule has 0 spiro atoms. The van der Waals surface area contributed by atoms with Gasteiger partial charge in [-0.2, -0.15) is 0 Å². The van der Waals surface area contributed by atoms with Gasteiger partial charge in [0.25, 0.3) is 11.5 Å². The fourth-order valence-electron chi connectivity index (χ4n) is 3.47. The van der Waals surface area contributed by atoms with Gasteiger partial charge in [0.1, 0.15) is 11.5 Å². The first-order valence-corrected chi connectivity index (χ1v) is 10.7. The number of nitrogens with one attached hydrogen (secondary N) is 2. The van der Waals surface area contributed by atoms with Crippen molar-refractivity contribution >= 4 is 40.6 Å². The van der Waals surface area contributed by atoms with E-state index in [-0.39, 0.29) is 22.8 Å². The fraction of sp³-hybridized carbons (Fsp3) is 0.125. The molecule has 0 aliphatic carbocycles. The highest BCUT2D eigenvalue weighted by molar-refractivity contribution is 7.71. The highest BCUT2D eigenvalue weighted by atomic mass is 35.5. The number of ether oxygens (including phenoxy) is 2. The Morgan fingerprint density at radius 1 is 1.09 bits per heavy atom. The van der Waals surface area contributed by atoms with E-state index in [1.165, 1.54) is 11.7 Å². The van der Waals surface area contributed by atoms with Crippen LogP contribution in [0.4, 0.5) is 0 Å². The zero-order valence-electron chi connectivity index (χ0n) is 17.8. The maximum atomic E-state index is 13.3. The average molecular weight is 482 g/mol. The standard InChI is InChI=1S/C24H20ClN3O4S/c1-31-16-8-10-20(21(12-16)32-2)28-23(30)17-9-7-14(11-19(17)27-24(28)33)22(29)26-13-15-5-3-4-6-18(15)25/h3-12H,13H2,1-2H3,(H,26,29)(H,27,33). The smallest absolute Gasteiger partial charge is 0.266 e. The van der Waals surface area contributed by atoms with Gasteiger partial charge >= 0.3 is 0 Å². The van der Waals surface area contributed by atoms with Crippen molar-refractivity contribution < 1.29 is 14.3 Å². The van der Waals surface area contributed by atoms with E-state index in [1.54, 1.807) is 49.6 Å². The number of H-pyrrole nitrogens is 1. The minimum atomic E-state index is -0.333. The third-order valence-electron chi connectivity index (χ3n) is 5.18. The normalized spacial score (nSPS) is 10.8. The number of nitrogens with zero attached hydrogens (tertiary/aromatic N) is 1. The number of fused-ring (bicyclic) bond motifs is 1. The van der Waals surface area contributed by atoms with Crippen LogP contribution in [0, 0.1) is 4.77 Å². The number of aromatic nitrogens is 2. The van der Waals surface area contributed by atoms with E-state index >= 15 is 0 Å². The number of aromatic amines is 1. The van der Waals surface area contributed by atoms with Crippen LogP contribution in [0.1, 0.15) is 15.9 Å². The third-order valence-corrected chi connectivity index (χ3v) is 5.84. The van der Waals surface area contributed by atoms with Crippen molar-refractivity contribution in [2.75, 3.05) is 14.2 Å². The van der Waals surface area contributed by atoms with Crippen LogP contribution in [0.2, 0.25) is 5.02 Å². The number of benzene rings is 3. The van der Waals surface area contributed by atoms with Crippen molar-refractivity contribution in [3.8, 4) is 17.2 Å². The molecule has 0 atom stereocenters. The van der Waals surface area contributed by atoms with Crippen molar-refractivity contribution in [3.63, 3.8) is 0 Å². The molecule has 2 N–H and O–H groups in total. The molecular formula is C24H20ClN3O4S. The summed E-state index contributed by atoms with van der Waals surface area (Å²) in [7, 11) is 3.05. The second kappa shape index (κ2) is 9.48. The van der Waals surface area contributed by atoms with Crippen molar-refractivity contribution in [1.29, 1.82) is 0 Å². The minimum absolute atomic E-state index is 0.171. The van der Waals surface area contributed by atoms with E-state index < -0.39 is 0 Å². The Morgan fingerprint density at radius 3 is 2.61 bits per heavy atom. The number of methoxy groups -OCH3 is 2. The van der Waals surface area contributed by atoms with Crippen molar-refractivity contribution in [1.82, 2.24) is 14.9 Å². The number of hydrogen-bond acceptors (Lipinski definition) is 5. The van der Waals surface area contributed by atoms with Gasteiger partial charge in [0.05, 0.1) is 30.8 Å². The molecule has 3 aromatic carbocycles. The van der Waals surface area contributed by atoms with Crippen LogP contribution in [0.3, 0.4) is 0 Å². The van der Waals surface area contributed by atoms with Gasteiger partial charge in [-0.15, -0.1) is 0 Å². The summed E-state index contributed by atoms with van der Waals surface area (Å²) in [4.78, 5) is 29.0. The van der Waals surface area contributed by atoms with Gasteiger partial charge in [-0.25, -0.2) is 4.57 Å². The Kier molecular flexibility index (Phi) is 6.48. The summed E-state index contributed by atoms with van der Waals surface area (Å²) in [6, 6.07) is 17.2. The number of hydrogen-bond donors (Lipinski definition) is 2. The zero-order valence-corrected chi connectivity index (χ0v) is 19.4. The first kappa shape index (κ1) is 22.6. The Morgan fingerprint density at radius 2 is 1.88 bits per heavy atom. The van der Waals surface area contributed by atoms with Gasteiger partial charge in [-0.3, -0.25) is 9.59 Å². The number of carbonyl (C=O) groups excluding carboxylic acids is 1. The van der Waals surface area contributed by atoms with Crippen LogP contribution in [0.5, 0.6) is 11.5 Å². The lowest BCUT2D eigenvalue weighted by Crippen LogP contribution is -2.24. The molecule has 0 bridgehead atoms. The SMILES string of the molecule is COc1ccc(-n2c(=S)[nH]c3cc(C(=O)NCc4ccccc4Cl)ccc3c2=O)c(OC)c1. The second-order valence-corrected chi connectivity index (χ2v) is 7.94. The Balaban J connectivity index is 1.70. The lowest BCUT2D eigenvalue weighted by molar-refractivity contribution is 0.0951. The highest BCUT2D eigenvalue weighted by Crippen LogP contribution is 2.27. The molecule has 4 aromatic rings. The maximum Gasteiger partial charge on any atom is 0.266 e. The van der Waals surface area contributed by atoms with Gasteiger partial charge in [0, 0.05) is 23.2 Å². The molecule has 0 unspecified atom stereocenters. The van der Waals surface area contributed by atoms with Crippen LogP contribution in [0.15, 0.2) is 65.5 Å². The molecule has 9 heteroatoms. The Hall–Kier alpha value is -3.62. The first-order valence-electron chi connectivity index (χ1n) is 9.96. The molecule has 0 saturated carbocycles. The van der Waals surface area contributed by atoms with Gasteiger partial charge in [-0.05, 0) is 54.2 Å². The first-order chi connectivity index (χ1) is 15.9. The summed E-state index contributed by atoms with van der Waals surface area (Å²) in [6.07, 6.45) is 0. The van der Waals surface area contributed by atoms with Crippen molar-refractivity contribution in [2.24, 2.45) is 0 Å². The van der Waals surface area contributed by atoms with E-state index in [0.717, 1.165) is 5.56 Å². The maximum absolute atomic E-state index is 13.3. The number of carbonyl (C=O) groups is 1. The predicted octanol–water partition coefficient (Wildman–Crippen LogP) is 4.65. The monoisotopic (exact) mass is 481 g/mol. The van der Waals surface area contributed by atoms with Crippen LogP contribution < -0.4 is 20.3 Å². The molecule has 1 amide bonds.